The fourth-order valence-corrected chi connectivity index (χ4v) is 3.36. The molecular formula is C16H23NO2S. The van der Waals surface area contributed by atoms with Gasteiger partial charge in [-0.3, -0.25) is 9.69 Å². The first-order valence-corrected chi connectivity index (χ1v) is 8.42. The van der Waals surface area contributed by atoms with Gasteiger partial charge in [-0.05, 0) is 56.2 Å². The number of benzene rings is 1. The molecule has 1 heterocycles. The highest BCUT2D eigenvalue weighted by atomic mass is 32.2. The lowest BCUT2D eigenvalue weighted by atomic mass is 9.93. The second-order valence-electron chi connectivity index (χ2n) is 5.55. The number of hydrogen-bond acceptors (Lipinski definition) is 3. The minimum absolute atomic E-state index is 0.300. The van der Waals surface area contributed by atoms with Crippen molar-refractivity contribution in [1.82, 2.24) is 4.90 Å². The van der Waals surface area contributed by atoms with Gasteiger partial charge in [-0.2, -0.15) is 0 Å². The fourth-order valence-electron chi connectivity index (χ4n) is 2.96. The molecule has 0 spiro atoms. The molecule has 1 aromatic carbocycles. The van der Waals surface area contributed by atoms with E-state index in [1.165, 1.54) is 10.5 Å². The fraction of sp³-hybridized carbons (Fsp3) is 0.562. The summed E-state index contributed by atoms with van der Waals surface area (Å²) in [6, 6.07) is 9.07. The molecule has 1 N–H and O–H groups in total. The van der Waals surface area contributed by atoms with Crippen molar-refractivity contribution in [1.29, 1.82) is 0 Å². The van der Waals surface area contributed by atoms with Crippen molar-refractivity contribution in [3.8, 4) is 0 Å². The van der Waals surface area contributed by atoms with Crippen molar-refractivity contribution in [2.75, 3.05) is 19.3 Å². The van der Waals surface area contributed by atoms with Crippen LogP contribution < -0.4 is 0 Å². The van der Waals surface area contributed by atoms with E-state index in [1.807, 2.05) is 0 Å². The number of carboxylic acid groups (broad SMARTS) is 1. The number of hydrogen-bond donors (Lipinski definition) is 1. The quantitative estimate of drug-likeness (QED) is 0.841. The Labute approximate surface area is 125 Å². The van der Waals surface area contributed by atoms with Crippen LogP contribution in [0.3, 0.4) is 0 Å². The molecule has 0 radical (unpaired) electrons. The Morgan fingerprint density at radius 1 is 1.45 bits per heavy atom. The molecule has 1 saturated heterocycles. The number of nitrogens with zero attached hydrogens (tertiary/aromatic N) is 1. The standard InChI is InChI=1S/C16H23NO2S/c1-12(14-5-7-15(20-2)8-6-14)17-9-3-4-13(11-17)10-16(18)19/h5-8,12-13H,3-4,9-11H2,1-2H3,(H,18,19). The molecule has 0 bridgehead atoms. The Bertz CT molecular complexity index is 446. The molecule has 1 fully saturated rings. The lowest BCUT2D eigenvalue weighted by Crippen LogP contribution is -2.37. The van der Waals surface area contributed by atoms with Crippen LogP contribution in [0.15, 0.2) is 29.2 Å². The number of piperidine rings is 1. The molecule has 0 aliphatic carbocycles. The van der Waals surface area contributed by atoms with Crippen molar-refractivity contribution >= 4 is 17.7 Å². The third-order valence-corrected chi connectivity index (χ3v) is 4.90. The van der Waals surface area contributed by atoms with Crippen molar-refractivity contribution in [2.45, 2.75) is 37.1 Å². The predicted octanol–water partition coefficient (Wildman–Crippen LogP) is 3.66. The van der Waals surface area contributed by atoms with Crippen LogP contribution in [0.5, 0.6) is 0 Å². The summed E-state index contributed by atoms with van der Waals surface area (Å²) in [5.74, 6) is -0.372. The van der Waals surface area contributed by atoms with Gasteiger partial charge >= 0.3 is 5.97 Å². The second kappa shape index (κ2) is 7.14. The summed E-state index contributed by atoms with van der Waals surface area (Å²) < 4.78 is 0. The molecule has 0 amide bonds. The molecular weight excluding hydrogens is 270 g/mol. The molecule has 1 aliphatic heterocycles. The van der Waals surface area contributed by atoms with E-state index in [1.54, 1.807) is 11.8 Å². The van der Waals surface area contributed by atoms with Gasteiger partial charge in [0.15, 0.2) is 0 Å². The van der Waals surface area contributed by atoms with Crippen LogP contribution >= 0.6 is 11.8 Å². The number of carboxylic acids is 1. The summed E-state index contributed by atoms with van der Waals surface area (Å²) in [6.45, 7) is 4.19. The molecule has 1 aliphatic rings. The number of carbonyl (C=O) groups is 1. The first kappa shape index (κ1) is 15.4. The van der Waals surface area contributed by atoms with E-state index in [0.717, 1.165) is 25.9 Å². The van der Waals surface area contributed by atoms with Gasteiger partial charge in [0.1, 0.15) is 0 Å². The Balaban J connectivity index is 1.99. The number of aliphatic carboxylic acids is 1. The van der Waals surface area contributed by atoms with Gasteiger partial charge in [0, 0.05) is 23.9 Å². The van der Waals surface area contributed by atoms with Crippen LogP contribution in [0.4, 0.5) is 0 Å². The Hall–Kier alpha value is -1.00. The van der Waals surface area contributed by atoms with Crippen LogP contribution in [-0.4, -0.2) is 35.3 Å². The van der Waals surface area contributed by atoms with E-state index >= 15 is 0 Å². The highest BCUT2D eigenvalue weighted by Gasteiger charge is 2.25. The molecule has 4 heteroatoms. The van der Waals surface area contributed by atoms with Gasteiger partial charge in [0.25, 0.3) is 0 Å². The Morgan fingerprint density at radius 2 is 2.15 bits per heavy atom. The molecule has 2 atom stereocenters. The molecule has 1 aromatic rings. The topological polar surface area (TPSA) is 40.5 Å². The Morgan fingerprint density at radius 3 is 2.75 bits per heavy atom. The molecule has 2 unspecified atom stereocenters. The van der Waals surface area contributed by atoms with Crippen molar-refractivity contribution in [3.63, 3.8) is 0 Å². The maximum atomic E-state index is 10.9. The van der Waals surface area contributed by atoms with Crippen molar-refractivity contribution in [2.24, 2.45) is 5.92 Å². The van der Waals surface area contributed by atoms with Crippen LogP contribution in [0.1, 0.15) is 37.8 Å². The van der Waals surface area contributed by atoms with E-state index in [0.29, 0.717) is 18.4 Å². The van der Waals surface area contributed by atoms with Crippen molar-refractivity contribution in [3.05, 3.63) is 29.8 Å². The highest BCUT2D eigenvalue weighted by molar-refractivity contribution is 7.98. The van der Waals surface area contributed by atoms with E-state index in [9.17, 15) is 4.79 Å². The summed E-state index contributed by atoms with van der Waals surface area (Å²) in [6.07, 6.45) is 4.53. The number of likely N-dealkylation sites (tertiary alicyclic amines) is 1. The third kappa shape index (κ3) is 4.00. The normalized spacial score (nSPS) is 21.6. The zero-order valence-electron chi connectivity index (χ0n) is 12.2. The molecule has 0 aromatic heterocycles. The van der Waals surface area contributed by atoms with Gasteiger partial charge in [0.2, 0.25) is 0 Å². The molecule has 20 heavy (non-hydrogen) atoms. The van der Waals surface area contributed by atoms with Crippen LogP contribution in [0, 0.1) is 5.92 Å². The van der Waals surface area contributed by atoms with Gasteiger partial charge in [0.05, 0.1) is 0 Å². The molecule has 110 valence electrons. The molecule has 2 rings (SSSR count). The largest absolute Gasteiger partial charge is 0.481 e. The Kier molecular flexibility index (Phi) is 5.49. The first-order chi connectivity index (χ1) is 9.60. The third-order valence-electron chi connectivity index (χ3n) is 4.16. The first-order valence-electron chi connectivity index (χ1n) is 7.20. The highest BCUT2D eigenvalue weighted by Crippen LogP contribution is 2.28. The summed E-state index contributed by atoms with van der Waals surface area (Å²) in [7, 11) is 0. The van der Waals surface area contributed by atoms with Gasteiger partial charge in [-0.15, -0.1) is 11.8 Å². The summed E-state index contributed by atoms with van der Waals surface area (Å²) in [5, 5.41) is 8.94. The molecule has 0 saturated carbocycles. The lowest BCUT2D eigenvalue weighted by molar-refractivity contribution is -0.138. The number of thioether (sulfide) groups is 1. The SMILES string of the molecule is CSc1ccc(C(C)N2CCCC(CC(=O)O)C2)cc1. The van der Waals surface area contributed by atoms with E-state index in [2.05, 4.69) is 42.3 Å². The van der Waals surface area contributed by atoms with Gasteiger partial charge in [-0.1, -0.05) is 12.1 Å². The van der Waals surface area contributed by atoms with Crippen LogP contribution in [0.25, 0.3) is 0 Å². The maximum Gasteiger partial charge on any atom is 0.303 e. The smallest absolute Gasteiger partial charge is 0.303 e. The predicted molar refractivity (Wildman–Crippen MR) is 83.2 cm³/mol. The maximum absolute atomic E-state index is 10.9. The average Bonchev–Trinajstić information content (AvgIpc) is 2.46. The minimum atomic E-state index is -0.672. The zero-order chi connectivity index (χ0) is 14.5. The van der Waals surface area contributed by atoms with Gasteiger partial charge < -0.3 is 5.11 Å². The monoisotopic (exact) mass is 293 g/mol. The average molecular weight is 293 g/mol. The van der Waals surface area contributed by atoms with Gasteiger partial charge in [-0.25, -0.2) is 0 Å². The van der Waals surface area contributed by atoms with E-state index in [-0.39, 0.29) is 0 Å². The zero-order valence-corrected chi connectivity index (χ0v) is 13.0. The summed E-state index contributed by atoms with van der Waals surface area (Å²) in [4.78, 5) is 14.6. The number of rotatable bonds is 5. The van der Waals surface area contributed by atoms with E-state index in [4.69, 9.17) is 5.11 Å². The summed E-state index contributed by atoms with van der Waals surface area (Å²) in [5.41, 5.74) is 1.32. The summed E-state index contributed by atoms with van der Waals surface area (Å²) >= 11 is 1.75. The van der Waals surface area contributed by atoms with Crippen LogP contribution in [0.2, 0.25) is 0 Å². The van der Waals surface area contributed by atoms with Crippen LogP contribution in [-0.2, 0) is 4.79 Å². The minimum Gasteiger partial charge on any atom is -0.481 e. The van der Waals surface area contributed by atoms with Crippen molar-refractivity contribution < 1.29 is 9.90 Å². The lowest BCUT2D eigenvalue weighted by Gasteiger charge is -2.36. The van der Waals surface area contributed by atoms with E-state index < -0.39 is 5.97 Å². The second-order valence-corrected chi connectivity index (χ2v) is 6.43. The molecule has 3 nitrogen and oxygen atoms in total.